The molecule has 0 radical (unpaired) electrons. The molecule has 160 valence electrons. The van der Waals surface area contributed by atoms with E-state index in [2.05, 4.69) is 22.3 Å². The predicted octanol–water partition coefficient (Wildman–Crippen LogP) is 3.18. The van der Waals surface area contributed by atoms with Crippen LogP contribution in [0.4, 0.5) is 0 Å². The van der Waals surface area contributed by atoms with Crippen LogP contribution >= 0.6 is 0 Å². The lowest BCUT2D eigenvalue weighted by molar-refractivity contribution is -0.128. The summed E-state index contributed by atoms with van der Waals surface area (Å²) in [5.41, 5.74) is 7.71. The number of ether oxygens (including phenoxy) is 1. The van der Waals surface area contributed by atoms with E-state index >= 15 is 0 Å². The third-order valence-electron chi connectivity index (χ3n) is 7.62. The van der Waals surface area contributed by atoms with Gasteiger partial charge in [-0.15, -0.1) is 0 Å². The monoisotopic (exact) mass is 399 g/mol. The van der Waals surface area contributed by atoms with Gasteiger partial charge in [-0.25, -0.2) is 0 Å². The van der Waals surface area contributed by atoms with Gasteiger partial charge in [-0.2, -0.15) is 0 Å². The fourth-order valence-corrected chi connectivity index (χ4v) is 5.73. The first-order valence-electron chi connectivity index (χ1n) is 11.5. The van der Waals surface area contributed by atoms with Crippen molar-refractivity contribution in [2.45, 2.75) is 57.5 Å². The summed E-state index contributed by atoms with van der Waals surface area (Å²) in [5.74, 6) is 3.14. The second kappa shape index (κ2) is 9.48. The van der Waals surface area contributed by atoms with E-state index in [1.54, 1.807) is 7.11 Å². The molecule has 1 aromatic rings. The Hall–Kier alpha value is -1.59. The zero-order valence-electron chi connectivity index (χ0n) is 17.8. The number of carbonyl (C=O) groups excluding carboxylic acids is 1. The Kier molecular flexibility index (Phi) is 6.76. The summed E-state index contributed by atoms with van der Waals surface area (Å²) in [6, 6.07) is 8.70. The summed E-state index contributed by atoms with van der Waals surface area (Å²) in [4.78, 5) is 15.3. The van der Waals surface area contributed by atoms with E-state index in [1.165, 1.54) is 24.8 Å². The van der Waals surface area contributed by atoms with Gasteiger partial charge in [0.15, 0.2) is 0 Å². The number of rotatable bonds is 6. The van der Waals surface area contributed by atoms with Crippen LogP contribution in [0, 0.1) is 23.7 Å². The average molecular weight is 400 g/mol. The number of nitrogens with one attached hydrogen (secondary N) is 1. The molecule has 29 heavy (non-hydrogen) atoms. The van der Waals surface area contributed by atoms with Crippen molar-refractivity contribution in [1.29, 1.82) is 0 Å². The molecular formula is C24H37N3O2. The topological polar surface area (TPSA) is 67.6 Å². The molecule has 3 aliphatic rings. The summed E-state index contributed by atoms with van der Waals surface area (Å²) in [6.45, 7) is 4.05. The number of benzene rings is 1. The number of carbonyl (C=O) groups is 1. The van der Waals surface area contributed by atoms with Crippen LogP contribution in [-0.4, -0.2) is 43.6 Å². The van der Waals surface area contributed by atoms with E-state index in [9.17, 15) is 4.79 Å². The molecule has 0 spiro atoms. The van der Waals surface area contributed by atoms with Crippen LogP contribution in [0.3, 0.4) is 0 Å². The van der Waals surface area contributed by atoms with Crippen LogP contribution in [0.2, 0.25) is 0 Å². The quantitative estimate of drug-likeness (QED) is 0.771. The zero-order chi connectivity index (χ0) is 20.2. The summed E-state index contributed by atoms with van der Waals surface area (Å²) in [7, 11) is 1.70. The lowest BCUT2D eigenvalue weighted by atomic mass is 9.65. The molecule has 4 rings (SSSR count). The molecule has 1 amide bonds. The second-order valence-corrected chi connectivity index (χ2v) is 9.51. The third kappa shape index (κ3) is 5.13. The second-order valence-electron chi connectivity index (χ2n) is 9.51. The summed E-state index contributed by atoms with van der Waals surface area (Å²) in [5, 5.41) is 3.29. The van der Waals surface area contributed by atoms with Crippen molar-refractivity contribution >= 4 is 5.91 Å². The fraction of sp³-hybridized carbons (Fsp3) is 0.708. The standard InChI is InChI=1S/C24H37N3O2/c1-29-22-7-5-18(6-8-22)16-27-11-9-17(10-12-27)15-26-24(28)21-13-19-3-2-4-20(14-21)23(19)25/h5-8,17,19-21,23H,2-4,9-16,25H2,1H3,(H,26,28). The maximum Gasteiger partial charge on any atom is 0.223 e. The van der Waals surface area contributed by atoms with Crippen molar-refractivity contribution in [1.82, 2.24) is 10.2 Å². The van der Waals surface area contributed by atoms with Crippen LogP contribution in [0.1, 0.15) is 50.5 Å². The lowest BCUT2D eigenvalue weighted by Gasteiger charge is -2.43. The Morgan fingerprint density at radius 3 is 2.38 bits per heavy atom. The highest BCUT2D eigenvalue weighted by Gasteiger charge is 2.40. The normalized spacial score (nSPS) is 30.7. The maximum absolute atomic E-state index is 12.8. The molecule has 5 nitrogen and oxygen atoms in total. The number of amides is 1. The molecule has 0 aromatic heterocycles. The molecule has 2 aliphatic carbocycles. The van der Waals surface area contributed by atoms with Crippen LogP contribution in [0.5, 0.6) is 5.75 Å². The van der Waals surface area contributed by atoms with Crippen molar-refractivity contribution in [2.24, 2.45) is 29.4 Å². The zero-order valence-corrected chi connectivity index (χ0v) is 17.8. The number of nitrogens with zero attached hydrogens (tertiary/aromatic N) is 1. The van der Waals surface area contributed by atoms with Gasteiger partial charge in [0.05, 0.1) is 7.11 Å². The van der Waals surface area contributed by atoms with Gasteiger partial charge >= 0.3 is 0 Å². The van der Waals surface area contributed by atoms with E-state index in [0.717, 1.165) is 57.6 Å². The number of hydrogen-bond donors (Lipinski definition) is 2. The Balaban J connectivity index is 1.17. The minimum atomic E-state index is 0.195. The number of fused-ring (bicyclic) bond motifs is 2. The van der Waals surface area contributed by atoms with Gasteiger partial charge in [-0.1, -0.05) is 18.6 Å². The van der Waals surface area contributed by atoms with Crippen molar-refractivity contribution in [3.05, 3.63) is 29.8 Å². The number of likely N-dealkylation sites (tertiary alicyclic amines) is 1. The summed E-state index contributed by atoms with van der Waals surface area (Å²) in [6.07, 6.45) is 8.07. The van der Waals surface area contributed by atoms with Gasteiger partial charge in [-0.3, -0.25) is 9.69 Å². The largest absolute Gasteiger partial charge is 0.497 e. The Morgan fingerprint density at radius 1 is 1.10 bits per heavy atom. The Labute approximate surface area is 175 Å². The molecule has 1 saturated heterocycles. The van der Waals surface area contributed by atoms with Crippen molar-refractivity contribution < 1.29 is 9.53 Å². The van der Waals surface area contributed by atoms with Gasteiger partial charge in [0.25, 0.3) is 0 Å². The Bertz CT molecular complexity index is 655. The molecular weight excluding hydrogens is 362 g/mol. The van der Waals surface area contributed by atoms with Gasteiger partial charge in [0.1, 0.15) is 5.75 Å². The van der Waals surface area contributed by atoms with Gasteiger partial charge in [0.2, 0.25) is 5.91 Å². The lowest BCUT2D eigenvalue weighted by Crippen LogP contribution is -2.49. The molecule has 3 N–H and O–H groups in total. The van der Waals surface area contributed by atoms with Crippen LogP contribution in [-0.2, 0) is 11.3 Å². The van der Waals surface area contributed by atoms with Crippen LogP contribution < -0.4 is 15.8 Å². The number of piperidine rings is 1. The highest BCUT2D eigenvalue weighted by atomic mass is 16.5. The first-order chi connectivity index (χ1) is 14.1. The highest BCUT2D eigenvalue weighted by molar-refractivity contribution is 5.78. The SMILES string of the molecule is COc1ccc(CN2CCC(CNC(=O)C3CC4CCCC(C3)C4N)CC2)cc1. The maximum atomic E-state index is 12.8. The third-order valence-corrected chi connectivity index (χ3v) is 7.62. The Morgan fingerprint density at radius 2 is 1.76 bits per heavy atom. The average Bonchev–Trinajstić information content (AvgIpc) is 2.73. The first-order valence-corrected chi connectivity index (χ1v) is 11.5. The van der Waals surface area contributed by atoms with Crippen molar-refractivity contribution in [3.8, 4) is 5.75 Å². The molecule has 3 fully saturated rings. The minimum Gasteiger partial charge on any atom is -0.497 e. The summed E-state index contributed by atoms with van der Waals surface area (Å²) < 4.78 is 5.24. The number of hydrogen-bond acceptors (Lipinski definition) is 4. The van der Waals surface area contributed by atoms with Crippen molar-refractivity contribution in [2.75, 3.05) is 26.7 Å². The van der Waals surface area contributed by atoms with Gasteiger partial charge in [0, 0.05) is 25.0 Å². The molecule has 5 heteroatoms. The smallest absolute Gasteiger partial charge is 0.223 e. The minimum absolute atomic E-state index is 0.195. The molecule has 2 atom stereocenters. The van der Waals surface area contributed by atoms with Crippen LogP contribution in [0.15, 0.2) is 24.3 Å². The molecule has 2 unspecified atom stereocenters. The molecule has 2 saturated carbocycles. The number of methoxy groups -OCH3 is 1. The van der Waals surface area contributed by atoms with Crippen LogP contribution in [0.25, 0.3) is 0 Å². The summed E-state index contributed by atoms with van der Waals surface area (Å²) >= 11 is 0. The van der Waals surface area contributed by atoms with E-state index in [0.29, 0.717) is 23.8 Å². The molecule has 1 aromatic carbocycles. The fourth-order valence-electron chi connectivity index (χ4n) is 5.73. The number of nitrogens with two attached hydrogens (primary N) is 1. The van der Waals surface area contributed by atoms with E-state index in [-0.39, 0.29) is 11.8 Å². The molecule has 1 aliphatic heterocycles. The van der Waals surface area contributed by atoms with E-state index < -0.39 is 0 Å². The van der Waals surface area contributed by atoms with Crippen molar-refractivity contribution in [3.63, 3.8) is 0 Å². The highest BCUT2D eigenvalue weighted by Crippen LogP contribution is 2.41. The molecule has 2 bridgehead atoms. The molecule has 1 heterocycles. The van der Waals surface area contributed by atoms with E-state index in [1.807, 2.05) is 12.1 Å². The van der Waals surface area contributed by atoms with Gasteiger partial charge in [-0.05, 0) is 87.1 Å². The predicted molar refractivity (Wildman–Crippen MR) is 116 cm³/mol. The first kappa shape index (κ1) is 20.7. The van der Waals surface area contributed by atoms with E-state index in [4.69, 9.17) is 10.5 Å². The van der Waals surface area contributed by atoms with Gasteiger partial charge < -0.3 is 15.8 Å².